The highest BCUT2D eigenvalue weighted by atomic mass is 35.5. The molecule has 2 heterocycles. The molecule has 8 heteroatoms. The zero-order valence-corrected chi connectivity index (χ0v) is 18.7. The number of aromatic nitrogens is 4. The quantitative estimate of drug-likeness (QED) is 0.357. The van der Waals surface area contributed by atoms with Crippen LogP contribution < -0.4 is 4.74 Å². The molecule has 0 N–H and O–H groups in total. The highest BCUT2D eigenvalue weighted by Gasteiger charge is 2.18. The molecule has 0 unspecified atom stereocenters. The number of carbonyl (C=O) groups is 1. The molecule has 0 fully saturated rings. The van der Waals surface area contributed by atoms with E-state index < -0.39 is 0 Å². The van der Waals surface area contributed by atoms with Gasteiger partial charge in [0.15, 0.2) is 16.8 Å². The van der Waals surface area contributed by atoms with Gasteiger partial charge in [0.25, 0.3) is 0 Å². The Morgan fingerprint density at radius 2 is 2.00 bits per heavy atom. The Kier molecular flexibility index (Phi) is 7.03. The Morgan fingerprint density at radius 1 is 1.24 bits per heavy atom. The van der Waals surface area contributed by atoms with E-state index in [0.29, 0.717) is 27.5 Å². The van der Waals surface area contributed by atoms with Gasteiger partial charge in [0, 0.05) is 30.5 Å². The van der Waals surface area contributed by atoms with Gasteiger partial charge in [0.2, 0.25) is 0 Å². The molecular weight excluding hydrogens is 408 g/mol. The summed E-state index contributed by atoms with van der Waals surface area (Å²) in [5.41, 5.74) is 2.94. The summed E-state index contributed by atoms with van der Waals surface area (Å²) in [6.45, 7) is 7.36. The number of para-hydroxylation sites is 1. The smallest absolute Gasteiger partial charge is 0.191 e. The average molecular weight is 433 g/mol. The second kappa shape index (κ2) is 9.50. The van der Waals surface area contributed by atoms with Crippen LogP contribution in [0.5, 0.6) is 5.75 Å². The number of ether oxygens (including phenoxy) is 1. The summed E-state index contributed by atoms with van der Waals surface area (Å²) in [7, 11) is 1.87. The fourth-order valence-electron chi connectivity index (χ4n) is 3.16. The highest BCUT2D eigenvalue weighted by molar-refractivity contribution is 7.99. The van der Waals surface area contributed by atoms with Gasteiger partial charge in [0.05, 0.1) is 10.8 Å². The summed E-state index contributed by atoms with van der Waals surface area (Å²) >= 11 is 7.49. The van der Waals surface area contributed by atoms with Crippen molar-refractivity contribution in [2.75, 3.05) is 5.75 Å². The van der Waals surface area contributed by atoms with E-state index in [1.54, 1.807) is 6.07 Å². The first kappa shape index (κ1) is 21.5. The molecule has 0 bridgehead atoms. The summed E-state index contributed by atoms with van der Waals surface area (Å²) in [5.74, 6) is 1.68. The molecule has 0 saturated carbocycles. The van der Waals surface area contributed by atoms with Gasteiger partial charge in [-0.15, -0.1) is 10.2 Å². The molecule has 0 radical (unpaired) electrons. The molecule has 2 aromatic heterocycles. The Labute approximate surface area is 180 Å². The van der Waals surface area contributed by atoms with Crippen molar-refractivity contribution in [1.29, 1.82) is 0 Å². The SMILES string of the molecule is CCCn1c(C)cc(C(=O)CSc2nnc(COc3ccccc3Cl)n2C)c1C. The van der Waals surface area contributed by atoms with Crippen LogP contribution in [0.4, 0.5) is 0 Å². The van der Waals surface area contributed by atoms with E-state index in [-0.39, 0.29) is 12.4 Å². The van der Waals surface area contributed by atoms with Crippen LogP contribution in [0.2, 0.25) is 5.02 Å². The first-order valence-corrected chi connectivity index (χ1v) is 10.9. The lowest BCUT2D eigenvalue weighted by Gasteiger charge is -2.08. The minimum absolute atomic E-state index is 0.0994. The number of hydrogen-bond donors (Lipinski definition) is 0. The van der Waals surface area contributed by atoms with Crippen molar-refractivity contribution in [3.8, 4) is 5.75 Å². The van der Waals surface area contributed by atoms with Crippen molar-refractivity contribution in [2.45, 2.75) is 45.5 Å². The molecule has 0 spiro atoms. The lowest BCUT2D eigenvalue weighted by Crippen LogP contribution is -2.08. The van der Waals surface area contributed by atoms with Crippen molar-refractivity contribution < 1.29 is 9.53 Å². The number of rotatable bonds is 9. The Morgan fingerprint density at radius 3 is 2.72 bits per heavy atom. The maximum atomic E-state index is 12.7. The number of halogens is 1. The fraction of sp³-hybridized carbons (Fsp3) is 0.381. The second-order valence-corrected chi connectivity index (χ2v) is 8.17. The fourth-order valence-corrected chi connectivity index (χ4v) is 4.16. The van der Waals surface area contributed by atoms with E-state index in [0.717, 1.165) is 29.9 Å². The third-order valence-electron chi connectivity index (χ3n) is 4.77. The summed E-state index contributed by atoms with van der Waals surface area (Å²) in [5, 5.41) is 9.61. The van der Waals surface area contributed by atoms with Gasteiger partial charge in [-0.2, -0.15) is 0 Å². The normalized spacial score (nSPS) is 11.1. The van der Waals surface area contributed by atoms with E-state index in [1.807, 2.05) is 49.7 Å². The first-order chi connectivity index (χ1) is 13.9. The van der Waals surface area contributed by atoms with Gasteiger partial charge in [-0.25, -0.2) is 0 Å². The minimum Gasteiger partial charge on any atom is -0.484 e. The van der Waals surface area contributed by atoms with Crippen molar-refractivity contribution in [2.24, 2.45) is 7.05 Å². The summed E-state index contributed by atoms with van der Waals surface area (Å²) < 4.78 is 9.77. The lowest BCUT2D eigenvalue weighted by molar-refractivity contribution is 0.102. The number of hydrogen-bond acceptors (Lipinski definition) is 5. The van der Waals surface area contributed by atoms with Crippen LogP contribution >= 0.6 is 23.4 Å². The number of benzene rings is 1. The molecule has 0 saturated heterocycles. The van der Waals surface area contributed by atoms with Gasteiger partial charge in [-0.3, -0.25) is 4.79 Å². The molecule has 3 rings (SSSR count). The Hall–Kier alpha value is -2.25. The summed E-state index contributed by atoms with van der Waals surface area (Å²) in [4.78, 5) is 12.7. The molecule has 0 atom stereocenters. The maximum Gasteiger partial charge on any atom is 0.191 e. The molecule has 29 heavy (non-hydrogen) atoms. The number of thioether (sulfide) groups is 1. The van der Waals surface area contributed by atoms with E-state index in [4.69, 9.17) is 16.3 Å². The molecular formula is C21H25ClN4O2S. The monoisotopic (exact) mass is 432 g/mol. The van der Waals surface area contributed by atoms with Crippen LogP contribution in [0, 0.1) is 13.8 Å². The average Bonchev–Trinajstić information content (AvgIpc) is 3.20. The molecule has 1 aromatic carbocycles. The highest BCUT2D eigenvalue weighted by Crippen LogP contribution is 2.25. The zero-order chi connectivity index (χ0) is 21.0. The standard InChI is InChI=1S/C21H25ClN4O2S/c1-5-10-26-14(2)11-16(15(26)3)18(27)13-29-21-24-23-20(25(21)4)12-28-19-9-7-6-8-17(19)22/h6-9,11H,5,10,12-13H2,1-4H3. The molecule has 0 aliphatic rings. The molecule has 154 valence electrons. The predicted octanol–water partition coefficient (Wildman–Crippen LogP) is 4.85. The van der Waals surface area contributed by atoms with Crippen LogP contribution in [0.3, 0.4) is 0 Å². The van der Waals surface area contributed by atoms with Crippen molar-refractivity contribution in [3.05, 3.63) is 58.1 Å². The number of aryl methyl sites for hydroxylation is 1. The van der Waals surface area contributed by atoms with Crippen molar-refractivity contribution in [1.82, 2.24) is 19.3 Å². The van der Waals surface area contributed by atoms with Gasteiger partial charge in [-0.1, -0.05) is 42.4 Å². The van der Waals surface area contributed by atoms with Crippen LogP contribution in [-0.4, -0.2) is 30.9 Å². The molecule has 0 aliphatic heterocycles. The first-order valence-electron chi connectivity index (χ1n) is 9.50. The van der Waals surface area contributed by atoms with Gasteiger partial charge < -0.3 is 13.9 Å². The van der Waals surface area contributed by atoms with Crippen molar-refractivity contribution >= 4 is 29.1 Å². The topological polar surface area (TPSA) is 61.9 Å². The summed E-state index contributed by atoms with van der Waals surface area (Å²) in [6.07, 6.45) is 1.04. The second-order valence-electron chi connectivity index (χ2n) is 6.83. The number of nitrogens with zero attached hydrogens (tertiary/aromatic N) is 4. The Bertz CT molecular complexity index is 1010. The van der Waals surface area contributed by atoms with Crippen LogP contribution in [0.15, 0.2) is 35.5 Å². The van der Waals surface area contributed by atoms with Crippen LogP contribution in [0.1, 0.15) is 40.9 Å². The maximum absolute atomic E-state index is 12.7. The Balaban J connectivity index is 1.62. The third kappa shape index (κ3) is 4.85. The molecule has 6 nitrogen and oxygen atoms in total. The van der Waals surface area contributed by atoms with Crippen LogP contribution in [0.25, 0.3) is 0 Å². The largest absolute Gasteiger partial charge is 0.484 e. The van der Waals surface area contributed by atoms with Gasteiger partial charge in [-0.05, 0) is 38.5 Å². The van der Waals surface area contributed by atoms with Crippen molar-refractivity contribution in [3.63, 3.8) is 0 Å². The zero-order valence-electron chi connectivity index (χ0n) is 17.1. The number of Topliss-reactive ketones (excluding diaryl/α,β-unsaturated/α-hetero) is 1. The predicted molar refractivity (Wildman–Crippen MR) is 116 cm³/mol. The van der Waals surface area contributed by atoms with Crippen LogP contribution in [-0.2, 0) is 20.2 Å². The third-order valence-corrected chi connectivity index (χ3v) is 6.10. The van der Waals surface area contributed by atoms with E-state index in [2.05, 4.69) is 21.7 Å². The summed E-state index contributed by atoms with van der Waals surface area (Å²) in [6, 6.07) is 9.28. The molecule has 0 aliphatic carbocycles. The van der Waals surface area contributed by atoms with E-state index in [9.17, 15) is 4.79 Å². The minimum atomic E-state index is 0.0994. The van der Waals surface area contributed by atoms with E-state index >= 15 is 0 Å². The molecule has 0 amide bonds. The van der Waals surface area contributed by atoms with Gasteiger partial charge in [0.1, 0.15) is 12.4 Å². The van der Waals surface area contributed by atoms with Gasteiger partial charge >= 0.3 is 0 Å². The lowest BCUT2D eigenvalue weighted by atomic mass is 10.2. The molecule has 3 aromatic rings. The number of carbonyl (C=O) groups excluding carboxylic acids is 1. The van der Waals surface area contributed by atoms with E-state index in [1.165, 1.54) is 11.8 Å². The number of ketones is 1.